The van der Waals surface area contributed by atoms with E-state index >= 15 is 0 Å². The first-order valence-corrected chi connectivity index (χ1v) is 23.9. The lowest BCUT2D eigenvalue weighted by atomic mass is 10.0. The molecule has 6 aromatic rings. The molecule has 9 nitrogen and oxygen atoms in total. The van der Waals surface area contributed by atoms with Crippen LogP contribution in [0.25, 0.3) is 22.3 Å². The summed E-state index contributed by atoms with van der Waals surface area (Å²) in [6.07, 6.45) is -17.7. The summed E-state index contributed by atoms with van der Waals surface area (Å²) in [4.78, 5) is 10.6. The SMILES string of the molecule is C.CCCC(CO)CO.CCCC1COC(c2cc(F)c(C(F)(F)Oc3ccc(-c4cc(F)c(OC(F)(F)F)c(F)c4)c(F)c3)c(F)c2)OC1.O=Cc1cc(F)c(C(F)(F)Oc2ccc(-c3cc(F)c(OC(F)(F)F)c(F)c3)c(F)c2)c(F)c1. The molecular weight excluding hydrogens is 1180 g/mol. The minimum atomic E-state index is -5.41. The molecule has 2 N–H and O–H groups in total. The number of aliphatic hydroxyl groups is 2. The quantitative estimate of drug-likeness (QED) is 0.0642. The highest BCUT2D eigenvalue weighted by molar-refractivity contribution is 5.75. The number of rotatable bonds is 18. The van der Waals surface area contributed by atoms with Crippen molar-refractivity contribution in [1.82, 2.24) is 0 Å². The number of hydrogen-bond donors (Lipinski definition) is 2. The Hall–Kier alpha value is -7.37. The molecule has 6 aromatic carbocycles. The molecule has 0 aliphatic carbocycles. The molecule has 29 heteroatoms. The molecule has 1 aliphatic rings. The third kappa shape index (κ3) is 18.3. The van der Waals surface area contributed by atoms with Crippen molar-refractivity contribution in [3.8, 4) is 45.3 Å². The molecule has 7 rings (SSSR count). The van der Waals surface area contributed by atoms with Crippen LogP contribution in [-0.4, -0.2) is 55.7 Å². The third-order valence-corrected chi connectivity index (χ3v) is 11.4. The Bertz CT molecular complexity index is 3100. The molecule has 0 unspecified atom stereocenters. The maximum Gasteiger partial charge on any atom is 0.573 e. The first kappa shape index (κ1) is 69.1. The highest BCUT2D eigenvalue weighted by atomic mass is 19.4. The molecule has 0 amide bonds. The molecule has 0 saturated carbocycles. The molecule has 0 bridgehead atoms. The molecule has 1 aliphatic heterocycles. The minimum absolute atomic E-state index is 0. The number of halogens is 20. The molecule has 0 spiro atoms. The molecule has 460 valence electrons. The number of benzene rings is 6. The van der Waals surface area contributed by atoms with Crippen LogP contribution >= 0.6 is 0 Å². The van der Waals surface area contributed by atoms with Crippen LogP contribution in [-0.2, 0) is 21.7 Å². The first-order chi connectivity index (χ1) is 38.7. The Morgan fingerprint density at radius 2 is 0.881 bits per heavy atom. The fourth-order valence-corrected chi connectivity index (χ4v) is 7.75. The van der Waals surface area contributed by atoms with Gasteiger partial charge in [0.05, 0.1) is 13.2 Å². The monoisotopic (exact) mass is 1230 g/mol. The fraction of sp³-hybridized carbons (Fsp3) is 0.327. The summed E-state index contributed by atoms with van der Waals surface area (Å²) in [6.45, 7) is 4.72. The maximum absolute atomic E-state index is 14.8. The van der Waals surface area contributed by atoms with Gasteiger partial charge in [-0.2, -0.15) is 17.6 Å². The summed E-state index contributed by atoms with van der Waals surface area (Å²) >= 11 is 0. The number of hydrogen-bond acceptors (Lipinski definition) is 9. The number of alkyl halides is 10. The lowest BCUT2D eigenvalue weighted by Gasteiger charge is -2.30. The molecule has 1 heterocycles. The summed E-state index contributed by atoms with van der Waals surface area (Å²) in [5.41, 5.74) is -6.89. The topological polar surface area (TPSA) is 113 Å². The van der Waals surface area contributed by atoms with Gasteiger partial charge in [-0.25, -0.2) is 43.9 Å². The van der Waals surface area contributed by atoms with Crippen LogP contribution in [0.3, 0.4) is 0 Å². The number of ether oxygens (including phenoxy) is 6. The van der Waals surface area contributed by atoms with Crippen LogP contribution in [0.5, 0.6) is 23.0 Å². The smallest absolute Gasteiger partial charge is 0.429 e. The van der Waals surface area contributed by atoms with Gasteiger partial charge in [0, 0.05) is 59.4 Å². The van der Waals surface area contributed by atoms with Gasteiger partial charge >= 0.3 is 24.9 Å². The van der Waals surface area contributed by atoms with Crippen molar-refractivity contribution < 1.29 is 131 Å². The Morgan fingerprint density at radius 3 is 1.18 bits per heavy atom. The van der Waals surface area contributed by atoms with Crippen LogP contribution < -0.4 is 18.9 Å². The Morgan fingerprint density at radius 1 is 0.512 bits per heavy atom. The van der Waals surface area contributed by atoms with E-state index in [4.69, 9.17) is 19.7 Å². The number of carbonyl (C=O) groups excluding carboxylic acids is 1. The van der Waals surface area contributed by atoms with Crippen molar-refractivity contribution >= 4 is 6.29 Å². The lowest BCUT2D eigenvalue weighted by molar-refractivity contribution is -0.277. The summed E-state index contributed by atoms with van der Waals surface area (Å²) in [7, 11) is 0. The van der Waals surface area contributed by atoms with E-state index in [1.165, 1.54) is 0 Å². The molecule has 0 atom stereocenters. The van der Waals surface area contributed by atoms with Crippen molar-refractivity contribution in [2.45, 2.75) is 78.2 Å². The number of aldehydes is 1. The Kier molecular flexibility index (Phi) is 23.8. The summed E-state index contributed by atoms with van der Waals surface area (Å²) < 4.78 is 300. The van der Waals surface area contributed by atoms with E-state index in [0.29, 0.717) is 72.8 Å². The lowest BCUT2D eigenvalue weighted by Crippen LogP contribution is -2.28. The van der Waals surface area contributed by atoms with Crippen molar-refractivity contribution in [2.75, 3.05) is 26.4 Å². The van der Waals surface area contributed by atoms with Crippen LogP contribution in [0.2, 0.25) is 0 Å². The summed E-state index contributed by atoms with van der Waals surface area (Å²) in [5, 5.41) is 17.0. The largest absolute Gasteiger partial charge is 0.573 e. The summed E-state index contributed by atoms with van der Waals surface area (Å²) in [6, 6.07) is 6.47. The molecule has 1 saturated heterocycles. The predicted molar refractivity (Wildman–Crippen MR) is 256 cm³/mol. The van der Waals surface area contributed by atoms with E-state index in [9.17, 15) is 92.6 Å². The normalized spacial score (nSPS) is 14.6. The zero-order valence-corrected chi connectivity index (χ0v) is 42.4. The standard InChI is InChI=1S/C27H20F10O4.C21H8F10O3.C6H14O2.CH4/c1-2-3-13-11-38-25(39-12-13)15-8-19(29)23(20(30)9-15)26(33,34)40-16-4-5-17(18(28)10-16)14-6-21(31)24(22(32)7-14)41-27(35,36)37;22-13-7-11(33-20(27,28)18-14(23)3-9(8-32)4-15(18)24)1-2-12(13)10-5-16(25)19(17(26)6-10)34-21(29,30)31;1-2-3-6(4-7)5-8;/h4-10,13,25H,2-3,11-12H2,1H3;1-8H;6-8H,2-5H2,1H3;1H4. The van der Waals surface area contributed by atoms with E-state index in [1.807, 2.05) is 13.8 Å². The average Bonchev–Trinajstić information content (AvgIpc) is 2.60. The van der Waals surface area contributed by atoms with Crippen molar-refractivity contribution in [2.24, 2.45) is 11.8 Å². The predicted octanol–water partition coefficient (Wildman–Crippen LogP) is 16.4. The van der Waals surface area contributed by atoms with E-state index in [0.717, 1.165) is 31.7 Å². The van der Waals surface area contributed by atoms with Gasteiger partial charge in [0.25, 0.3) is 0 Å². The Balaban J connectivity index is 0.000000319. The molecule has 1 fully saturated rings. The second-order valence-electron chi connectivity index (χ2n) is 17.7. The van der Waals surface area contributed by atoms with Crippen molar-refractivity contribution in [1.29, 1.82) is 0 Å². The van der Waals surface area contributed by atoms with Crippen molar-refractivity contribution in [3.05, 3.63) is 165 Å². The van der Waals surface area contributed by atoms with Gasteiger partial charge in [-0.1, -0.05) is 34.1 Å². The zero-order valence-electron chi connectivity index (χ0n) is 42.4. The minimum Gasteiger partial charge on any atom is -0.429 e. The average molecular weight is 1230 g/mol. The van der Waals surface area contributed by atoms with Gasteiger partial charge in [0.15, 0.2) is 29.6 Å². The van der Waals surface area contributed by atoms with Gasteiger partial charge in [0.2, 0.25) is 11.5 Å². The van der Waals surface area contributed by atoms with Crippen LogP contribution in [0.15, 0.2) is 84.9 Å². The van der Waals surface area contributed by atoms with E-state index in [1.54, 1.807) is 0 Å². The highest BCUT2D eigenvalue weighted by Crippen LogP contribution is 2.42. The maximum atomic E-state index is 14.8. The summed E-state index contributed by atoms with van der Waals surface area (Å²) in [5.74, 6) is -22.4. The first-order valence-electron chi connectivity index (χ1n) is 23.9. The number of aliphatic hydroxyl groups excluding tert-OH is 2. The van der Waals surface area contributed by atoms with Gasteiger partial charge in [-0.15, -0.1) is 26.3 Å². The molecular formula is C55H46F20O9. The van der Waals surface area contributed by atoms with Gasteiger partial charge in [-0.3, -0.25) is 4.79 Å². The van der Waals surface area contributed by atoms with Crippen LogP contribution in [0.1, 0.15) is 80.3 Å². The zero-order chi connectivity index (χ0) is 61.9. The van der Waals surface area contributed by atoms with Gasteiger partial charge < -0.3 is 38.6 Å². The third-order valence-electron chi connectivity index (χ3n) is 11.4. The van der Waals surface area contributed by atoms with Crippen molar-refractivity contribution in [3.63, 3.8) is 0 Å². The van der Waals surface area contributed by atoms with Gasteiger partial charge in [-0.05, 0) is 96.8 Å². The van der Waals surface area contributed by atoms with E-state index in [2.05, 4.69) is 18.9 Å². The van der Waals surface area contributed by atoms with Gasteiger partial charge in [0.1, 0.15) is 63.8 Å². The second-order valence-corrected chi connectivity index (χ2v) is 17.7. The van der Waals surface area contributed by atoms with Crippen LogP contribution in [0, 0.1) is 70.0 Å². The highest BCUT2D eigenvalue weighted by Gasteiger charge is 2.44. The van der Waals surface area contributed by atoms with E-state index < -0.39 is 151 Å². The van der Waals surface area contributed by atoms with Crippen LogP contribution in [0.4, 0.5) is 87.8 Å². The second kappa shape index (κ2) is 28.9. The fourth-order valence-electron chi connectivity index (χ4n) is 7.75. The Labute approximate surface area is 463 Å². The molecule has 0 radical (unpaired) electrons. The van der Waals surface area contributed by atoms with E-state index in [-0.39, 0.29) is 63.6 Å². The molecule has 0 aromatic heterocycles. The molecule has 84 heavy (non-hydrogen) atoms. The number of carbonyl (C=O) groups is 1.